The van der Waals surface area contributed by atoms with E-state index < -0.39 is 17.9 Å². The van der Waals surface area contributed by atoms with Gasteiger partial charge in [0.25, 0.3) is 0 Å². The van der Waals surface area contributed by atoms with Crippen LogP contribution in [0.15, 0.2) is 42.6 Å². The molecule has 2 aromatic heterocycles. The average molecular weight is 403 g/mol. The molecule has 3 rings (SSSR count). The van der Waals surface area contributed by atoms with Crippen molar-refractivity contribution in [1.29, 1.82) is 0 Å². The molecule has 0 fully saturated rings. The third-order valence-electron chi connectivity index (χ3n) is 3.82. The number of esters is 2. The lowest BCUT2D eigenvalue weighted by molar-refractivity contribution is -0.157. The van der Waals surface area contributed by atoms with Crippen LogP contribution in [0.2, 0.25) is 5.02 Å². The van der Waals surface area contributed by atoms with Crippen molar-refractivity contribution in [2.24, 2.45) is 0 Å². The molecule has 28 heavy (non-hydrogen) atoms. The molecule has 8 nitrogen and oxygen atoms in total. The Morgan fingerprint density at radius 2 is 1.86 bits per heavy atom. The van der Waals surface area contributed by atoms with E-state index in [0.29, 0.717) is 22.2 Å². The minimum absolute atomic E-state index is 0.135. The average Bonchev–Trinajstić information content (AvgIpc) is 3.11. The molecule has 0 aliphatic rings. The van der Waals surface area contributed by atoms with Crippen molar-refractivity contribution in [2.75, 3.05) is 18.5 Å². The predicted molar refractivity (Wildman–Crippen MR) is 104 cm³/mol. The van der Waals surface area contributed by atoms with E-state index in [-0.39, 0.29) is 18.9 Å². The fraction of sp³-hybridized carbons (Fsp3) is 0.263. The fourth-order valence-electron chi connectivity index (χ4n) is 2.71. The molecule has 0 saturated carbocycles. The predicted octanol–water partition coefficient (Wildman–Crippen LogP) is 3.34. The van der Waals surface area contributed by atoms with Crippen molar-refractivity contribution in [1.82, 2.24) is 14.6 Å². The summed E-state index contributed by atoms with van der Waals surface area (Å²) in [5, 5.41) is 7.86. The van der Waals surface area contributed by atoms with Crippen LogP contribution >= 0.6 is 11.6 Å². The zero-order valence-electron chi connectivity index (χ0n) is 15.4. The van der Waals surface area contributed by atoms with E-state index in [1.807, 2.05) is 6.07 Å². The molecule has 0 bridgehead atoms. The number of benzene rings is 1. The summed E-state index contributed by atoms with van der Waals surface area (Å²) in [4.78, 5) is 29.5. The highest BCUT2D eigenvalue weighted by molar-refractivity contribution is 6.30. The lowest BCUT2D eigenvalue weighted by Gasteiger charge is -2.17. The number of hydrogen-bond acceptors (Lipinski definition) is 7. The van der Waals surface area contributed by atoms with Crippen LogP contribution in [0.3, 0.4) is 0 Å². The fourth-order valence-corrected chi connectivity index (χ4v) is 2.90. The van der Waals surface area contributed by atoms with Crippen molar-refractivity contribution in [2.45, 2.75) is 19.8 Å². The number of ether oxygens (including phenoxy) is 2. The molecular formula is C19H19ClN4O4. The SMILES string of the molecule is CCOC(=O)C(C(=O)OCC)c1cc(Nc2cccc(Cl)c2)nc2ccnn12. The van der Waals surface area contributed by atoms with E-state index in [4.69, 9.17) is 21.1 Å². The summed E-state index contributed by atoms with van der Waals surface area (Å²) >= 11 is 6.03. The molecule has 0 amide bonds. The maximum Gasteiger partial charge on any atom is 0.326 e. The van der Waals surface area contributed by atoms with E-state index in [0.717, 1.165) is 0 Å². The Kier molecular flexibility index (Phi) is 6.10. The third kappa shape index (κ3) is 4.23. The summed E-state index contributed by atoms with van der Waals surface area (Å²) in [6.07, 6.45) is 1.53. The van der Waals surface area contributed by atoms with Crippen LogP contribution in [0.25, 0.3) is 5.65 Å². The van der Waals surface area contributed by atoms with Crippen LogP contribution in [0.4, 0.5) is 11.5 Å². The highest BCUT2D eigenvalue weighted by Crippen LogP contribution is 2.25. The minimum atomic E-state index is -1.29. The second kappa shape index (κ2) is 8.71. The molecule has 0 radical (unpaired) electrons. The number of hydrogen-bond donors (Lipinski definition) is 1. The van der Waals surface area contributed by atoms with Gasteiger partial charge in [0.2, 0.25) is 0 Å². The first-order valence-corrected chi connectivity index (χ1v) is 9.11. The third-order valence-corrected chi connectivity index (χ3v) is 4.06. The van der Waals surface area contributed by atoms with Crippen LogP contribution in [0.5, 0.6) is 0 Å². The molecule has 0 saturated heterocycles. The first-order chi connectivity index (χ1) is 13.5. The lowest BCUT2D eigenvalue weighted by Crippen LogP contribution is -2.28. The molecule has 3 aromatic rings. The molecule has 9 heteroatoms. The zero-order chi connectivity index (χ0) is 20.1. The number of fused-ring (bicyclic) bond motifs is 1. The Morgan fingerprint density at radius 3 is 2.50 bits per heavy atom. The van der Waals surface area contributed by atoms with Gasteiger partial charge in [0.05, 0.1) is 25.1 Å². The molecule has 0 unspecified atom stereocenters. The summed E-state index contributed by atoms with van der Waals surface area (Å²) < 4.78 is 11.6. The van der Waals surface area contributed by atoms with Gasteiger partial charge in [-0.1, -0.05) is 17.7 Å². The van der Waals surface area contributed by atoms with Crippen molar-refractivity contribution in [3.05, 3.63) is 53.3 Å². The van der Waals surface area contributed by atoms with Gasteiger partial charge in [-0.25, -0.2) is 9.50 Å². The number of aromatic nitrogens is 3. The highest BCUT2D eigenvalue weighted by atomic mass is 35.5. The Balaban J connectivity index is 2.07. The Labute approximate surface area is 166 Å². The quantitative estimate of drug-likeness (QED) is 0.478. The zero-order valence-corrected chi connectivity index (χ0v) is 16.1. The van der Waals surface area contributed by atoms with Crippen LogP contribution in [-0.4, -0.2) is 39.8 Å². The van der Waals surface area contributed by atoms with E-state index in [1.54, 1.807) is 44.2 Å². The van der Waals surface area contributed by atoms with Gasteiger partial charge in [0, 0.05) is 22.8 Å². The van der Waals surface area contributed by atoms with Gasteiger partial charge in [-0.3, -0.25) is 9.59 Å². The Hall–Kier alpha value is -3.13. The van der Waals surface area contributed by atoms with Crippen LogP contribution in [0.1, 0.15) is 25.5 Å². The molecule has 0 spiro atoms. The van der Waals surface area contributed by atoms with E-state index in [1.165, 1.54) is 10.7 Å². The van der Waals surface area contributed by atoms with Crippen LogP contribution in [0, 0.1) is 0 Å². The largest absolute Gasteiger partial charge is 0.465 e. The topological polar surface area (TPSA) is 94.8 Å². The van der Waals surface area contributed by atoms with Crippen molar-refractivity contribution >= 4 is 40.7 Å². The molecule has 1 aromatic carbocycles. The van der Waals surface area contributed by atoms with Crippen LogP contribution in [-0.2, 0) is 19.1 Å². The lowest BCUT2D eigenvalue weighted by atomic mass is 10.1. The molecule has 2 heterocycles. The smallest absolute Gasteiger partial charge is 0.326 e. The maximum atomic E-state index is 12.5. The normalized spacial score (nSPS) is 10.9. The van der Waals surface area contributed by atoms with Gasteiger partial charge >= 0.3 is 11.9 Å². The maximum absolute atomic E-state index is 12.5. The number of nitrogens with zero attached hydrogens (tertiary/aromatic N) is 3. The second-order valence-electron chi connectivity index (χ2n) is 5.74. The summed E-state index contributed by atoms with van der Waals surface area (Å²) in [6.45, 7) is 3.61. The first-order valence-electron chi connectivity index (χ1n) is 8.74. The molecule has 0 aliphatic carbocycles. The number of halogens is 1. The summed E-state index contributed by atoms with van der Waals surface area (Å²) in [5.74, 6) is -2.29. The van der Waals surface area contributed by atoms with Gasteiger partial charge in [0.1, 0.15) is 5.82 Å². The molecule has 146 valence electrons. The molecule has 0 aliphatic heterocycles. The van der Waals surface area contributed by atoms with Gasteiger partial charge < -0.3 is 14.8 Å². The molecule has 1 N–H and O–H groups in total. The van der Waals surface area contributed by atoms with Crippen molar-refractivity contribution in [3.63, 3.8) is 0 Å². The molecular weight excluding hydrogens is 384 g/mol. The van der Waals surface area contributed by atoms with Gasteiger partial charge in [-0.15, -0.1) is 0 Å². The number of nitrogens with one attached hydrogen (secondary N) is 1. The number of carbonyl (C=O) groups is 2. The van der Waals surface area contributed by atoms with E-state index >= 15 is 0 Å². The van der Waals surface area contributed by atoms with Crippen LogP contribution < -0.4 is 5.32 Å². The Morgan fingerprint density at radius 1 is 1.14 bits per heavy atom. The van der Waals surface area contributed by atoms with Gasteiger partial charge in [-0.05, 0) is 32.0 Å². The summed E-state index contributed by atoms with van der Waals surface area (Å²) in [5.41, 5.74) is 1.45. The Bertz CT molecular complexity index is 987. The minimum Gasteiger partial charge on any atom is -0.465 e. The summed E-state index contributed by atoms with van der Waals surface area (Å²) in [6, 6.07) is 10.3. The summed E-state index contributed by atoms with van der Waals surface area (Å²) in [7, 11) is 0. The van der Waals surface area contributed by atoms with Crippen molar-refractivity contribution < 1.29 is 19.1 Å². The first kappa shape index (κ1) is 19.6. The second-order valence-corrected chi connectivity index (χ2v) is 6.18. The number of carbonyl (C=O) groups excluding carboxylic acids is 2. The highest BCUT2D eigenvalue weighted by Gasteiger charge is 2.34. The van der Waals surface area contributed by atoms with Gasteiger partial charge in [-0.2, -0.15) is 5.10 Å². The molecule has 0 atom stereocenters. The monoisotopic (exact) mass is 402 g/mol. The number of anilines is 2. The standard InChI is InChI=1S/C19H19ClN4O4/c1-3-27-18(25)17(19(26)28-4-2)14-11-15(23-16-8-9-21-24(14)16)22-13-7-5-6-12(20)10-13/h5-11,17H,3-4H2,1-2H3,(H,22,23). The van der Waals surface area contributed by atoms with E-state index in [9.17, 15) is 9.59 Å². The van der Waals surface area contributed by atoms with E-state index in [2.05, 4.69) is 15.4 Å². The van der Waals surface area contributed by atoms with Gasteiger partial charge in [0.15, 0.2) is 11.6 Å². The number of rotatable bonds is 7. The van der Waals surface area contributed by atoms with Crippen molar-refractivity contribution in [3.8, 4) is 0 Å².